The molecule has 0 aliphatic carbocycles. The first-order valence-corrected chi connectivity index (χ1v) is 8.90. The molecule has 26 heavy (non-hydrogen) atoms. The number of ether oxygens (including phenoxy) is 1. The summed E-state index contributed by atoms with van der Waals surface area (Å²) < 4.78 is 13.1. The number of carbonyl (C=O) groups excluding carboxylic acids is 1. The van der Waals surface area contributed by atoms with Gasteiger partial charge >= 0.3 is 0 Å². The van der Waals surface area contributed by atoms with Gasteiger partial charge in [0, 0.05) is 23.9 Å². The number of amides is 1. The molecular weight excluding hydrogens is 352 g/mol. The monoisotopic (exact) mass is 368 g/mol. The first kappa shape index (κ1) is 16.5. The van der Waals surface area contributed by atoms with Gasteiger partial charge in [0.25, 0.3) is 0 Å². The number of carbonyl (C=O) groups is 1. The molecule has 7 nitrogen and oxygen atoms in total. The van der Waals surface area contributed by atoms with E-state index in [1.807, 2.05) is 37.4 Å². The van der Waals surface area contributed by atoms with Crippen molar-refractivity contribution in [3.05, 3.63) is 42.7 Å². The van der Waals surface area contributed by atoms with Crippen LogP contribution in [0.2, 0.25) is 0 Å². The van der Waals surface area contributed by atoms with Crippen LogP contribution in [-0.4, -0.2) is 33.5 Å². The average Bonchev–Trinajstić information content (AvgIpc) is 3.21. The van der Waals surface area contributed by atoms with E-state index < -0.39 is 0 Å². The van der Waals surface area contributed by atoms with Crippen LogP contribution in [0.25, 0.3) is 21.9 Å². The van der Waals surface area contributed by atoms with E-state index >= 15 is 0 Å². The van der Waals surface area contributed by atoms with Crippen molar-refractivity contribution in [1.29, 1.82) is 0 Å². The van der Waals surface area contributed by atoms with Crippen molar-refractivity contribution in [2.24, 2.45) is 7.05 Å². The highest BCUT2D eigenvalue weighted by atomic mass is 32.2. The Hall–Kier alpha value is -3.00. The van der Waals surface area contributed by atoms with E-state index in [0.29, 0.717) is 22.2 Å². The predicted molar refractivity (Wildman–Crippen MR) is 101 cm³/mol. The van der Waals surface area contributed by atoms with Crippen molar-refractivity contribution < 1.29 is 13.9 Å². The molecule has 132 valence electrons. The lowest BCUT2D eigenvalue weighted by Gasteiger charge is -2.10. The molecule has 4 rings (SSSR count). The zero-order chi connectivity index (χ0) is 18.1. The number of methoxy groups -OCH3 is 1. The Morgan fingerprint density at radius 1 is 1.27 bits per heavy atom. The molecule has 0 aliphatic rings. The molecule has 0 unspecified atom stereocenters. The van der Waals surface area contributed by atoms with Crippen molar-refractivity contribution in [3.8, 4) is 5.75 Å². The number of thioether (sulfide) groups is 1. The topological polar surface area (TPSA) is 82.2 Å². The third kappa shape index (κ3) is 2.99. The van der Waals surface area contributed by atoms with Gasteiger partial charge in [0.2, 0.25) is 5.91 Å². The molecule has 0 saturated heterocycles. The molecule has 2 aromatic heterocycles. The van der Waals surface area contributed by atoms with E-state index in [0.717, 1.165) is 16.4 Å². The van der Waals surface area contributed by atoms with E-state index in [4.69, 9.17) is 9.15 Å². The van der Waals surface area contributed by atoms with E-state index in [9.17, 15) is 4.79 Å². The molecule has 1 N–H and O–H groups in total. The smallest absolute Gasteiger partial charge is 0.234 e. The Morgan fingerprint density at radius 3 is 2.88 bits per heavy atom. The van der Waals surface area contributed by atoms with Crippen molar-refractivity contribution >= 4 is 45.3 Å². The van der Waals surface area contributed by atoms with Gasteiger partial charge in [-0.3, -0.25) is 4.79 Å². The van der Waals surface area contributed by atoms with Crippen LogP contribution in [0.15, 0.2) is 52.3 Å². The van der Waals surface area contributed by atoms with Crippen LogP contribution in [0.1, 0.15) is 0 Å². The Bertz CT molecular complexity index is 1100. The van der Waals surface area contributed by atoms with Crippen LogP contribution in [0, 0.1) is 0 Å². The van der Waals surface area contributed by atoms with E-state index in [2.05, 4.69) is 15.5 Å². The Morgan fingerprint density at radius 2 is 2.12 bits per heavy atom. The molecule has 0 radical (unpaired) electrons. The number of hydrogen-bond donors (Lipinski definition) is 1. The molecule has 0 aliphatic heterocycles. The van der Waals surface area contributed by atoms with Crippen molar-refractivity contribution in [3.63, 3.8) is 0 Å². The Kier molecular flexibility index (Phi) is 4.26. The average molecular weight is 368 g/mol. The Balaban J connectivity index is 1.59. The maximum atomic E-state index is 12.3. The minimum Gasteiger partial charge on any atom is -0.495 e. The zero-order valence-electron chi connectivity index (χ0n) is 14.2. The van der Waals surface area contributed by atoms with Gasteiger partial charge in [-0.25, -0.2) is 0 Å². The molecule has 0 saturated carbocycles. The summed E-state index contributed by atoms with van der Waals surface area (Å²) in [5.74, 6) is 0.640. The minimum absolute atomic E-state index is 0.160. The fourth-order valence-corrected chi connectivity index (χ4v) is 3.43. The lowest BCUT2D eigenvalue weighted by Crippen LogP contribution is -2.15. The standard InChI is InChI=1S/C18H16N4O3S/c1-22-10-19-21-18(22)26-9-17(23)20-13-8-15-12(7-16(13)24-2)11-5-3-4-6-14(11)25-15/h3-8,10H,9H2,1-2H3,(H,20,23). The molecule has 0 spiro atoms. The summed E-state index contributed by atoms with van der Waals surface area (Å²) in [7, 11) is 3.41. The number of aromatic nitrogens is 3. The minimum atomic E-state index is -0.160. The third-order valence-corrected chi connectivity index (χ3v) is 5.01. The fourth-order valence-electron chi connectivity index (χ4n) is 2.74. The van der Waals surface area contributed by atoms with Crippen LogP contribution in [-0.2, 0) is 11.8 Å². The molecular formula is C18H16N4O3S. The number of hydrogen-bond acceptors (Lipinski definition) is 6. The van der Waals surface area contributed by atoms with Crippen molar-refractivity contribution in [2.75, 3.05) is 18.2 Å². The number of fused-ring (bicyclic) bond motifs is 3. The highest BCUT2D eigenvalue weighted by molar-refractivity contribution is 7.99. The second-order valence-corrected chi connectivity index (χ2v) is 6.65. The van der Waals surface area contributed by atoms with Gasteiger partial charge in [-0.2, -0.15) is 0 Å². The third-order valence-electron chi connectivity index (χ3n) is 3.98. The number of benzene rings is 2. The summed E-state index contributed by atoms with van der Waals surface area (Å²) in [6.45, 7) is 0. The van der Waals surface area contributed by atoms with Gasteiger partial charge in [-0.15, -0.1) is 10.2 Å². The van der Waals surface area contributed by atoms with Crippen LogP contribution in [0.4, 0.5) is 5.69 Å². The van der Waals surface area contributed by atoms with Crippen molar-refractivity contribution in [1.82, 2.24) is 14.8 Å². The first-order chi connectivity index (χ1) is 12.7. The van der Waals surface area contributed by atoms with Crippen molar-refractivity contribution in [2.45, 2.75) is 5.16 Å². The highest BCUT2D eigenvalue weighted by Gasteiger charge is 2.14. The maximum Gasteiger partial charge on any atom is 0.234 e. The molecule has 2 heterocycles. The maximum absolute atomic E-state index is 12.3. The summed E-state index contributed by atoms with van der Waals surface area (Å²) in [5, 5.41) is 13.3. The summed E-state index contributed by atoms with van der Waals surface area (Å²) >= 11 is 1.32. The summed E-state index contributed by atoms with van der Waals surface area (Å²) in [4.78, 5) is 12.3. The second kappa shape index (κ2) is 6.72. The summed E-state index contributed by atoms with van der Waals surface area (Å²) in [6, 6.07) is 11.5. The number of furan rings is 1. The molecule has 8 heteroatoms. The van der Waals surface area contributed by atoms with Crippen LogP contribution < -0.4 is 10.1 Å². The normalized spacial score (nSPS) is 11.2. The first-order valence-electron chi connectivity index (χ1n) is 7.91. The largest absolute Gasteiger partial charge is 0.495 e. The second-order valence-electron chi connectivity index (χ2n) is 5.71. The lowest BCUT2D eigenvalue weighted by molar-refractivity contribution is -0.113. The van der Waals surface area contributed by atoms with Crippen LogP contribution in [0.3, 0.4) is 0 Å². The number of aryl methyl sites for hydroxylation is 1. The number of anilines is 1. The van der Waals surface area contributed by atoms with Gasteiger partial charge in [0.1, 0.15) is 23.2 Å². The predicted octanol–water partition coefficient (Wildman–Crippen LogP) is 3.45. The van der Waals surface area contributed by atoms with Crippen LogP contribution in [0.5, 0.6) is 5.75 Å². The molecule has 0 atom stereocenters. The molecule has 1 amide bonds. The summed E-state index contributed by atoms with van der Waals surface area (Å²) in [6.07, 6.45) is 1.60. The van der Waals surface area contributed by atoms with E-state index in [1.165, 1.54) is 11.8 Å². The quantitative estimate of drug-likeness (QED) is 0.543. The van der Waals surface area contributed by atoms with Gasteiger partial charge < -0.3 is 19.0 Å². The van der Waals surface area contributed by atoms with E-state index in [1.54, 1.807) is 24.1 Å². The Labute approximate surface area is 153 Å². The van der Waals surface area contributed by atoms with Gasteiger partial charge in [-0.1, -0.05) is 30.0 Å². The number of rotatable bonds is 5. The molecule has 2 aromatic carbocycles. The van der Waals surface area contributed by atoms with Gasteiger partial charge in [0.15, 0.2) is 5.16 Å². The zero-order valence-corrected chi connectivity index (χ0v) is 15.0. The molecule has 0 bridgehead atoms. The fraction of sp³-hybridized carbons (Fsp3) is 0.167. The number of para-hydroxylation sites is 1. The molecule has 4 aromatic rings. The molecule has 0 fully saturated rings. The lowest BCUT2D eigenvalue weighted by atomic mass is 10.1. The van der Waals surface area contributed by atoms with Gasteiger partial charge in [0.05, 0.1) is 18.6 Å². The van der Waals surface area contributed by atoms with E-state index in [-0.39, 0.29) is 11.7 Å². The number of nitrogens with one attached hydrogen (secondary N) is 1. The summed E-state index contributed by atoms with van der Waals surface area (Å²) in [5.41, 5.74) is 2.07. The van der Waals surface area contributed by atoms with Gasteiger partial charge in [-0.05, 0) is 12.1 Å². The SMILES string of the molecule is COc1cc2c(cc1NC(=O)CSc1nncn1C)oc1ccccc12. The number of nitrogens with zero attached hydrogens (tertiary/aromatic N) is 3. The van der Waals surface area contributed by atoms with Crippen LogP contribution >= 0.6 is 11.8 Å². The highest BCUT2D eigenvalue weighted by Crippen LogP contribution is 2.36.